The summed E-state index contributed by atoms with van der Waals surface area (Å²) in [5.41, 5.74) is 5.28. The zero-order chi connectivity index (χ0) is 14.8. The van der Waals surface area contributed by atoms with Crippen LogP contribution in [0.25, 0.3) is 23.4 Å². The normalized spacial score (nSPS) is 11.4. The summed E-state index contributed by atoms with van der Waals surface area (Å²) in [4.78, 5) is 12.8. The topological polar surface area (TPSA) is 55.6 Å². The molecule has 0 aliphatic heterocycles. The van der Waals surface area contributed by atoms with Gasteiger partial charge in [-0.05, 0) is 36.6 Å². The Balaban J connectivity index is 2.04. The molecule has 0 radical (unpaired) electrons. The van der Waals surface area contributed by atoms with Gasteiger partial charge < -0.3 is 5.32 Å². The molecule has 106 valence electrons. The summed E-state index contributed by atoms with van der Waals surface area (Å²) in [6.45, 7) is 4.22. The fourth-order valence-electron chi connectivity index (χ4n) is 2.39. The smallest absolute Gasteiger partial charge is 0.169 e. The van der Waals surface area contributed by atoms with Crippen LogP contribution in [0.5, 0.6) is 0 Å². The molecule has 2 heterocycles. The molecule has 0 aliphatic carbocycles. The Morgan fingerprint density at radius 3 is 2.57 bits per heavy atom. The van der Waals surface area contributed by atoms with Crippen LogP contribution < -0.4 is 5.32 Å². The molecular weight excluding hydrogens is 262 g/mol. The van der Waals surface area contributed by atoms with Crippen molar-refractivity contribution in [2.24, 2.45) is 0 Å². The minimum Gasteiger partial charge on any atom is -0.371 e. The first-order valence-corrected chi connectivity index (χ1v) is 6.80. The second kappa shape index (κ2) is 5.36. The molecule has 0 atom stereocenters. The van der Waals surface area contributed by atoms with Crippen LogP contribution in [0.2, 0.25) is 0 Å². The number of aromatic nitrogens is 4. The second-order valence-corrected chi connectivity index (χ2v) is 4.92. The lowest BCUT2D eigenvalue weighted by Crippen LogP contribution is -1.95. The Labute approximate surface area is 123 Å². The number of benzene rings is 1. The Morgan fingerprint density at radius 1 is 1.10 bits per heavy atom. The van der Waals surface area contributed by atoms with E-state index in [9.17, 15) is 0 Å². The zero-order valence-corrected chi connectivity index (χ0v) is 12.3. The molecule has 1 N–H and O–H groups in total. The molecule has 5 heteroatoms. The number of anilines is 1. The van der Waals surface area contributed by atoms with Crippen molar-refractivity contribution < 1.29 is 0 Å². The van der Waals surface area contributed by atoms with Crippen LogP contribution in [0, 0.1) is 13.8 Å². The van der Waals surface area contributed by atoms with Crippen LogP contribution in [0.4, 0.5) is 5.82 Å². The average Bonchev–Trinajstić information content (AvgIpc) is 2.90. The Bertz CT molecular complexity index is 796. The molecule has 0 unspecified atom stereocenters. The minimum absolute atomic E-state index is 0.735. The first-order chi connectivity index (χ1) is 10.2. The van der Waals surface area contributed by atoms with Crippen LogP contribution >= 0.6 is 0 Å². The Kier molecular flexibility index (Phi) is 3.39. The van der Waals surface area contributed by atoms with Crippen molar-refractivity contribution >= 4 is 29.3 Å². The van der Waals surface area contributed by atoms with Gasteiger partial charge in [0.25, 0.3) is 0 Å². The fraction of sp³-hybridized carbons (Fsp3) is 0.188. The predicted octanol–water partition coefficient (Wildman–Crippen LogP) is 3.11. The SMILES string of the molecule is CNc1ncnc2c1ncn2/C=C/c1c(C)cccc1C. The molecule has 2 aromatic heterocycles. The van der Waals surface area contributed by atoms with Crippen LogP contribution in [0.3, 0.4) is 0 Å². The quantitative estimate of drug-likeness (QED) is 0.800. The minimum atomic E-state index is 0.735. The summed E-state index contributed by atoms with van der Waals surface area (Å²) >= 11 is 0. The third-order valence-electron chi connectivity index (χ3n) is 3.54. The maximum Gasteiger partial charge on any atom is 0.169 e. The lowest BCUT2D eigenvalue weighted by molar-refractivity contribution is 1.12. The molecule has 0 amide bonds. The van der Waals surface area contributed by atoms with Crippen molar-refractivity contribution in [1.29, 1.82) is 0 Å². The first-order valence-electron chi connectivity index (χ1n) is 6.80. The van der Waals surface area contributed by atoms with E-state index in [1.807, 2.05) is 17.8 Å². The highest BCUT2D eigenvalue weighted by Crippen LogP contribution is 2.19. The molecule has 0 saturated carbocycles. The van der Waals surface area contributed by atoms with E-state index in [0.29, 0.717) is 0 Å². The van der Waals surface area contributed by atoms with Gasteiger partial charge in [0.2, 0.25) is 0 Å². The monoisotopic (exact) mass is 279 g/mol. The summed E-state index contributed by atoms with van der Waals surface area (Å²) in [6.07, 6.45) is 7.37. The van der Waals surface area contributed by atoms with Crippen LogP contribution in [0.1, 0.15) is 16.7 Å². The number of hydrogen-bond donors (Lipinski definition) is 1. The van der Waals surface area contributed by atoms with Crippen LogP contribution in [-0.2, 0) is 0 Å². The first kappa shape index (κ1) is 13.3. The van der Waals surface area contributed by atoms with Crippen molar-refractivity contribution in [3.63, 3.8) is 0 Å². The molecule has 0 spiro atoms. The molecule has 3 rings (SSSR count). The van der Waals surface area contributed by atoms with Gasteiger partial charge in [0.15, 0.2) is 17.0 Å². The van der Waals surface area contributed by atoms with Crippen molar-refractivity contribution in [2.45, 2.75) is 13.8 Å². The number of fused-ring (bicyclic) bond motifs is 1. The zero-order valence-electron chi connectivity index (χ0n) is 12.3. The standard InChI is InChI=1S/C16H17N5/c1-11-5-4-6-12(2)13(11)7-8-21-10-20-14-15(17-3)18-9-19-16(14)21/h4-10H,1-3H3,(H,17,18,19)/b8-7+. The van der Waals surface area contributed by atoms with Gasteiger partial charge in [-0.15, -0.1) is 0 Å². The van der Waals surface area contributed by atoms with Gasteiger partial charge in [-0.3, -0.25) is 4.57 Å². The number of rotatable bonds is 3. The van der Waals surface area contributed by atoms with Crippen molar-refractivity contribution in [3.05, 3.63) is 47.5 Å². The molecule has 21 heavy (non-hydrogen) atoms. The number of aryl methyl sites for hydroxylation is 2. The summed E-state index contributed by atoms with van der Waals surface area (Å²) < 4.78 is 1.91. The predicted molar refractivity (Wildman–Crippen MR) is 86.0 cm³/mol. The molecule has 0 aliphatic rings. The highest BCUT2D eigenvalue weighted by molar-refractivity contribution is 5.84. The van der Waals surface area contributed by atoms with E-state index in [0.717, 1.165) is 17.0 Å². The molecule has 0 fully saturated rings. The van der Waals surface area contributed by atoms with Crippen LogP contribution in [0.15, 0.2) is 30.9 Å². The molecule has 0 bridgehead atoms. The number of imidazole rings is 1. The van der Waals surface area contributed by atoms with Crippen LogP contribution in [-0.4, -0.2) is 26.6 Å². The summed E-state index contributed by atoms with van der Waals surface area (Å²) in [6, 6.07) is 6.29. The molecule has 1 aromatic carbocycles. The van der Waals surface area contributed by atoms with Crippen molar-refractivity contribution in [3.8, 4) is 0 Å². The van der Waals surface area contributed by atoms with Gasteiger partial charge in [-0.2, -0.15) is 0 Å². The van der Waals surface area contributed by atoms with E-state index in [2.05, 4.69) is 58.4 Å². The van der Waals surface area contributed by atoms with Gasteiger partial charge in [-0.25, -0.2) is 15.0 Å². The van der Waals surface area contributed by atoms with E-state index in [-0.39, 0.29) is 0 Å². The maximum atomic E-state index is 4.37. The van der Waals surface area contributed by atoms with E-state index < -0.39 is 0 Å². The fourth-order valence-corrected chi connectivity index (χ4v) is 2.39. The number of nitrogens with zero attached hydrogens (tertiary/aromatic N) is 4. The molecule has 5 nitrogen and oxygen atoms in total. The number of hydrogen-bond acceptors (Lipinski definition) is 4. The molecule has 0 saturated heterocycles. The average molecular weight is 279 g/mol. The van der Waals surface area contributed by atoms with Crippen molar-refractivity contribution in [1.82, 2.24) is 19.5 Å². The molecular formula is C16H17N5. The van der Waals surface area contributed by atoms with Crippen molar-refractivity contribution in [2.75, 3.05) is 12.4 Å². The van der Waals surface area contributed by atoms with Gasteiger partial charge in [0.05, 0.1) is 0 Å². The van der Waals surface area contributed by atoms with E-state index in [4.69, 9.17) is 0 Å². The Morgan fingerprint density at radius 2 is 1.86 bits per heavy atom. The van der Waals surface area contributed by atoms with E-state index in [1.165, 1.54) is 16.7 Å². The number of nitrogens with one attached hydrogen (secondary N) is 1. The third kappa shape index (κ3) is 2.38. The van der Waals surface area contributed by atoms with Gasteiger partial charge in [-0.1, -0.05) is 18.2 Å². The molecule has 3 aromatic rings. The largest absolute Gasteiger partial charge is 0.371 e. The van der Waals surface area contributed by atoms with Gasteiger partial charge in [0.1, 0.15) is 12.7 Å². The lowest BCUT2D eigenvalue weighted by Gasteiger charge is -2.04. The summed E-state index contributed by atoms with van der Waals surface area (Å²) in [5, 5.41) is 3.02. The second-order valence-electron chi connectivity index (χ2n) is 4.92. The maximum absolute atomic E-state index is 4.37. The highest BCUT2D eigenvalue weighted by Gasteiger charge is 2.07. The lowest BCUT2D eigenvalue weighted by atomic mass is 10.0. The third-order valence-corrected chi connectivity index (χ3v) is 3.54. The van der Waals surface area contributed by atoms with Gasteiger partial charge >= 0.3 is 0 Å². The van der Waals surface area contributed by atoms with Gasteiger partial charge in [0, 0.05) is 13.2 Å². The van der Waals surface area contributed by atoms with E-state index in [1.54, 1.807) is 12.7 Å². The van der Waals surface area contributed by atoms with E-state index >= 15 is 0 Å². The summed E-state index contributed by atoms with van der Waals surface area (Å²) in [7, 11) is 1.83. The summed E-state index contributed by atoms with van der Waals surface area (Å²) in [5.74, 6) is 0.735. The highest BCUT2D eigenvalue weighted by atomic mass is 15.1. The Hall–Kier alpha value is -2.69.